The van der Waals surface area contributed by atoms with Gasteiger partial charge in [0.2, 0.25) is 0 Å². The van der Waals surface area contributed by atoms with E-state index in [1.807, 2.05) is 33.8 Å². The summed E-state index contributed by atoms with van der Waals surface area (Å²) in [6.45, 7) is 8.23. The summed E-state index contributed by atoms with van der Waals surface area (Å²) in [6.07, 6.45) is -0.914. The molecule has 5 nitrogen and oxygen atoms in total. The van der Waals surface area contributed by atoms with Gasteiger partial charge in [-0.25, -0.2) is 4.79 Å². The lowest BCUT2D eigenvalue weighted by Crippen LogP contribution is -2.35. The molecule has 1 amide bonds. The monoisotopic (exact) mass is 284 g/mol. The van der Waals surface area contributed by atoms with Crippen LogP contribution in [0.2, 0.25) is 0 Å². The van der Waals surface area contributed by atoms with Crippen molar-refractivity contribution in [3.63, 3.8) is 0 Å². The number of carbonyl (C=O) groups excluding carboxylic acids is 1. The van der Waals surface area contributed by atoms with Gasteiger partial charge >= 0.3 is 6.09 Å². The fourth-order valence-corrected chi connectivity index (χ4v) is 2.99. The van der Waals surface area contributed by atoms with Gasteiger partial charge in [-0.1, -0.05) is 0 Å². The first-order chi connectivity index (χ1) is 8.76. The Hall–Kier alpha value is -1.14. The van der Waals surface area contributed by atoms with Crippen LogP contribution in [0.5, 0.6) is 0 Å². The molecule has 1 saturated heterocycles. The van der Waals surface area contributed by atoms with E-state index in [2.05, 4.69) is 4.37 Å². The molecule has 0 unspecified atom stereocenters. The zero-order chi connectivity index (χ0) is 14.2. The van der Waals surface area contributed by atoms with Crippen molar-refractivity contribution in [1.29, 1.82) is 0 Å². The molecule has 1 fully saturated rings. The minimum absolute atomic E-state index is 0.0567. The maximum atomic E-state index is 12.0. The molecule has 2 atom stereocenters. The number of rotatable bonds is 1. The number of aryl methyl sites for hydroxylation is 1. The molecule has 0 saturated carbocycles. The Morgan fingerprint density at radius 2 is 2.21 bits per heavy atom. The Labute approximate surface area is 117 Å². The Balaban J connectivity index is 2.03. The highest BCUT2D eigenvalue weighted by molar-refractivity contribution is 7.05. The third-order valence-corrected chi connectivity index (χ3v) is 3.96. The SMILES string of the molecule is Cc1cc([C@@H]2CN(C(=O)OC(C)(C)C)C[C@H]2O)sn1. The second-order valence-corrected chi connectivity index (χ2v) is 6.77. The lowest BCUT2D eigenvalue weighted by Gasteiger charge is -2.24. The predicted molar refractivity (Wildman–Crippen MR) is 73.4 cm³/mol. The van der Waals surface area contributed by atoms with Crippen LogP contribution >= 0.6 is 11.5 Å². The van der Waals surface area contributed by atoms with E-state index in [9.17, 15) is 9.90 Å². The van der Waals surface area contributed by atoms with Crippen LogP contribution in [-0.2, 0) is 4.74 Å². The normalized spacial score (nSPS) is 23.7. The average molecular weight is 284 g/mol. The highest BCUT2D eigenvalue weighted by Crippen LogP contribution is 2.31. The maximum absolute atomic E-state index is 12.0. The predicted octanol–water partition coefficient (Wildman–Crippen LogP) is 2.15. The Bertz CT molecular complexity index is 467. The van der Waals surface area contributed by atoms with Gasteiger partial charge in [0.25, 0.3) is 0 Å². The van der Waals surface area contributed by atoms with E-state index in [0.29, 0.717) is 13.1 Å². The highest BCUT2D eigenvalue weighted by atomic mass is 32.1. The first kappa shape index (κ1) is 14.3. The third-order valence-electron chi connectivity index (χ3n) is 2.95. The number of nitrogens with zero attached hydrogens (tertiary/aromatic N) is 2. The number of hydrogen-bond donors (Lipinski definition) is 1. The molecule has 19 heavy (non-hydrogen) atoms. The summed E-state index contributed by atoms with van der Waals surface area (Å²) >= 11 is 1.39. The van der Waals surface area contributed by atoms with Crippen LogP contribution in [0.15, 0.2) is 6.07 Å². The lowest BCUT2D eigenvalue weighted by molar-refractivity contribution is 0.0270. The summed E-state index contributed by atoms with van der Waals surface area (Å²) in [4.78, 5) is 14.6. The van der Waals surface area contributed by atoms with E-state index in [1.54, 1.807) is 4.90 Å². The van der Waals surface area contributed by atoms with Crippen molar-refractivity contribution in [2.45, 2.75) is 45.3 Å². The molecule has 1 aromatic rings. The Morgan fingerprint density at radius 3 is 2.74 bits per heavy atom. The summed E-state index contributed by atoms with van der Waals surface area (Å²) < 4.78 is 9.54. The van der Waals surface area contributed by atoms with Crippen LogP contribution in [0.4, 0.5) is 4.79 Å². The minimum atomic E-state index is -0.549. The van der Waals surface area contributed by atoms with E-state index in [1.165, 1.54) is 11.5 Å². The molecular formula is C13H20N2O3S. The van der Waals surface area contributed by atoms with Crippen LogP contribution in [0.1, 0.15) is 37.3 Å². The number of carbonyl (C=O) groups is 1. The lowest BCUT2D eigenvalue weighted by atomic mass is 10.0. The molecular weight excluding hydrogens is 264 g/mol. The number of β-amino-alcohol motifs (C(OH)–C–C–N with tert-alkyl or cyclic N) is 1. The van der Waals surface area contributed by atoms with Gasteiger partial charge in [-0.05, 0) is 45.3 Å². The van der Waals surface area contributed by atoms with Gasteiger partial charge in [-0.3, -0.25) is 0 Å². The van der Waals surface area contributed by atoms with Crippen molar-refractivity contribution in [3.05, 3.63) is 16.6 Å². The van der Waals surface area contributed by atoms with Gasteiger partial charge in [0.15, 0.2) is 0 Å². The second-order valence-electron chi connectivity index (χ2n) is 5.93. The molecule has 2 heterocycles. The van der Waals surface area contributed by atoms with Crippen molar-refractivity contribution in [2.75, 3.05) is 13.1 Å². The fraction of sp³-hybridized carbons (Fsp3) is 0.692. The van der Waals surface area contributed by atoms with Crippen molar-refractivity contribution in [2.24, 2.45) is 0 Å². The molecule has 0 bridgehead atoms. The molecule has 1 aromatic heterocycles. The summed E-state index contributed by atoms with van der Waals surface area (Å²) in [6, 6.07) is 1.97. The molecule has 6 heteroatoms. The van der Waals surface area contributed by atoms with Crippen LogP contribution in [0, 0.1) is 6.92 Å². The van der Waals surface area contributed by atoms with Crippen molar-refractivity contribution < 1.29 is 14.6 Å². The number of likely N-dealkylation sites (tertiary alicyclic amines) is 1. The third kappa shape index (κ3) is 3.45. The highest BCUT2D eigenvalue weighted by Gasteiger charge is 2.37. The van der Waals surface area contributed by atoms with Gasteiger partial charge in [-0.2, -0.15) is 4.37 Å². The average Bonchev–Trinajstić information content (AvgIpc) is 2.82. The fourth-order valence-electron chi connectivity index (χ4n) is 2.10. The van der Waals surface area contributed by atoms with E-state index in [0.717, 1.165) is 10.6 Å². The maximum Gasteiger partial charge on any atom is 0.410 e. The van der Waals surface area contributed by atoms with Gasteiger partial charge in [-0.15, -0.1) is 0 Å². The molecule has 0 radical (unpaired) electrons. The standard InChI is InChI=1S/C13H20N2O3S/c1-8-5-11(19-14-8)9-6-15(7-10(9)16)12(17)18-13(2,3)4/h5,9-10,16H,6-7H2,1-4H3/t9-,10-/m1/s1. The minimum Gasteiger partial charge on any atom is -0.444 e. The number of aliphatic hydroxyl groups excluding tert-OH is 1. The summed E-state index contributed by atoms with van der Waals surface area (Å²) in [5, 5.41) is 10.1. The summed E-state index contributed by atoms with van der Waals surface area (Å²) in [7, 11) is 0. The quantitative estimate of drug-likeness (QED) is 0.858. The van der Waals surface area contributed by atoms with Crippen molar-refractivity contribution in [3.8, 4) is 0 Å². The molecule has 1 aliphatic heterocycles. The van der Waals surface area contributed by atoms with Gasteiger partial charge < -0.3 is 14.7 Å². The second kappa shape index (κ2) is 5.09. The largest absolute Gasteiger partial charge is 0.444 e. The summed E-state index contributed by atoms with van der Waals surface area (Å²) in [5.41, 5.74) is 0.434. The number of aromatic nitrogens is 1. The first-order valence-corrected chi connectivity index (χ1v) is 7.13. The zero-order valence-corrected chi connectivity index (χ0v) is 12.5. The number of amides is 1. The molecule has 1 N–H and O–H groups in total. The van der Waals surface area contributed by atoms with E-state index < -0.39 is 11.7 Å². The smallest absolute Gasteiger partial charge is 0.410 e. The Kier molecular flexibility index (Phi) is 3.82. The first-order valence-electron chi connectivity index (χ1n) is 6.35. The van der Waals surface area contributed by atoms with Crippen LogP contribution < -0.4 is 0 Å². The molecule has 1 aliphatic rings. The van der Waals surface area contributed by atoms with Crippen LogP contribution in [-0.4, -0.2) is 45.3 Å². The van der Waals surface area contributed by atoms with Crippen molar-refractivity contribution in [1.82, 2.24) is 9.27 Å². The van der Waals surface area contributed by atoms with E-state index in [-0.39, 0.29) is 12.0 Å². The molecule has 106 valence electrons. The van der Waals surface area contributed by atoms with Gasteiger partial charge in [0, 0.05) is 17.3 Å². The van der Waals surface area contributed by atoms with E-state index in [4.69, 9.17) is 4.74 Å². The number of hydrogen-bond acceptors (Lipinski definition) is 5. The molecule has 0 aromatic carbocycles. The zero-order valence-electron chi connectivity index (χ0n) is 11.7. The van der Waals surface area contributed by atoms with Crippen molar-refractivity contribution >= 4 is 17.6 Å². The van der Waals surface area contributed by atoms with Gasteiger partial charge in [0.1, 0.15) is 5.60 Å². The molecule has 0 aliphatic carbocycles. The summed E-state index contributed by atoms with van der Waals surface area (Å²) in [5.74, 6) is -0.0567. The molecule has 0 spiro atoms. The van der Waals surface area contributed by atoms with E-state index >= 15 is 0 Å². The van der Waals surface area contributed by atoms with Gasteiger partial charge in [0.05, 0.1) is 18.3 Å². The molecule has 2 rings (SSSR count). The topological polar surface area (TPSA) is 62.7 Å². The van der Waals surface area contributed by atoms with Crippen LogP contribution in [0.25, 0.3) is 0 Å². The number of ether oxygens (including phenoxy) is 1. The number of aliphatic hydroxyl groups is 1. The van der Waals surface area contributed by atoms with Crippen LogP contribution in [0.3, 0.4) is 0 Å². The Morgan fingerprint density at radius 1 is 1.53 bits per heavy atom.